The van der Waals surface area contributed by atoms with Gasteiger partial charge in [0, 0.05) is 10.5 Å². The van der Waals surface area contributed by atoms with E-state index >= 15 is 0 Å². The number of hydrogen-bond donors (Lipinski definition) is 1. The summed E-state index contributed by atoms with van der Waals surface area (Å²) in [7, 11) is 0. The Labute approximate surface area is 139 Å². The lowest BCUT2D eigenvalue weighted by Crippen LogP contribution is -2.30. The van der Waals surface area contributed by atoms with Crippen LogP contribution < -0.4 is 10.1 Å². The Balaban J connectivity index is 2.10. The fourth-order valence-electron chi connectivity index (χ4n) is 1.79. The number of para-hydroxylation sites is 2. The van der Waals surface area contributed by atoms with Crippen molar-refractivity contribution in [2.75, 3.05) is 5.32 Å². The molecular formula is C15H12BrFN2O4. The van der Waals surface area contributed by atoms with Crippen LogP contribution in [0.5, 0.6) is 5.75 Å². The number of nitro groups is 1. The number of amides is 1. The SMILES string of the molecule is C[C@@H](Oc1ccc(Br)cc1F)C(=O)Nc1ccccc1[N+](=O)[O-]. The molecule has 0 radical (unpaired) electrons. The van der Waals surface area contributed by atoms with Crippen LogP contribution in [-0.2, 0) is 4.79 Å². The van der Waals surface area contributed by atoms with Crippen molar-refractivity contribution < 1.29 is 18.8 Å². The molecule has 0 bridgehead atoms. The van der Waals surface area contributed by atoms with Crippen molar-refractivity contribution in [2.45, 2.75) is 13.0 Å². The van der Waals surface area contributed by atoms with E-state index in [4.69, 9.17) is 4.74 Å². The molecule has 1 amide bonds. The fraction of sp³-hybridized carbons (Fsp3) is 0.133. The lowest BCUT2D eigenvalue weighted by molar-refractivity contribution is -0.383. The van der Waals surface area contributed by atoms with Gasteiger partial charge in [-0.05, 0) is 31.2 Å². The van der Waals surface area contributed by atoms with Crippen LogP contribution in [0.4, 0.5) is 15.8 Å². The van der Waals surface area contributed by atoms with Crippen molar-refractivity contribution >= 4 is 33.2 Å². The normalized spacial score (nSPS) is 11.6. The molecule has 2 rings (SSSR count). The van der Waals surface area contributed by atoms with Crippen LogP contribution in [0.2, 0.25) is 0 Å². The third-order valence-electron chi connectivity index (χ3n) is 2.93. The van der Waals surface area contributed by atoms with Crippen LogP contribution in [0.25, 0.3) is 0 Å². The van der Waals surface area contributed by atoms with E-state index in [0.29, 0.717) is 4.47 Å². The summed E-state index contributed by atoms with van der Waals surface area (Å²) in [4.78, 5) is 22.4. The third kappa shape index (κ3) is 4.26. The van der Waals surface area contributed by atoms with E-state index in [1.54, 1.807) is 12.1 Å². The van der Waals surface area contributed by atoms with Crippen molar-refractivity contribution in [2.24, 2.45) is 0 Å². The standard InChI is InChI=1S/C15H12BrFN2O4/c1-9(23-14-7-6-10(16)8-11(14)17)15(20)18-12-4-2-3-5-13(12)19(21)22/h2-9H,1H3,(H,18,20)/t9-/m1/s1. The van der Waals surface area contributed by atoms with E-state index in [-0.39, 0.29) is 17.1 Å². The summed E-state index contributed by atoms with van der Waals surface area (Å²) in [6.45, 7) is 1.42. The van der Waals surface area contributed by atoms with Crippen molar-refractivity contribution in [3.8, 4) is 5.75 Å². The number of nitrogens with one attached hydrogen (secondary N) is 1. The zero-order valence-corrected chi connectivity index (χ0v) is 13.5. The first kappa shape index (κ1) is 16.9. The number of anilines is 1. The minimum atomic E-state index is -1.04. The second-order valence-electron chi connectivity index (χ2n) is 4.60. The first-order chi connectivity index (χ1) is 10.9. The molecule has 23 heavy (non-hydrogen) atoms. The number of rotatable bonds is 5. The number of nitro benzene ring substituents is 1. The Morgan fingerprint density at radius 3 is 2.70 bits per heavy atom. The van der Waals surface area contributed by atoms with Gasteiger partial charge in [-0.25, -0.2) is 4.39 Å². The lowest BCUT2D eigenvalue weighted by Gasteiger charge is -2.15. The summed E-state index contributed by atoms with van der Waals surface area (Å²) in [5.41, 5.74) is -0.183. The van der Waals surface area contributed by atoms with Gasteiger partial charge in [-0.2, -0.15) is 0 Å². The Kier molecular flexibility index (Phi) is 5.28. The monoisotopic (exact) mass is 382 g/mol. The molecule has 1 atom stereocenters. The van der Waals surface area contributed by atoms with Crippen molar-refractivity contribution in [1.29, 1.82) is 0 Å². The largest absolute Gasteiger partial charge is 0.478 e. The van der Waals surface area contributed by atoms with E-state index in [1.807, 2.05) is 0 Å². The van der Waals surface area contributed by atoms with Crippen molar-refractivity contribution in [3.63, 3.8) is 0 Å². The molecule has 0 aliphatic heterocycles. The number of carbonyl (C=O) groups excluding carboxylic acids is 1. The van der Waals surface area contributed by atoms with Gasteiger partial charge in [-0.1, -0.05) is 28.1 Å². The number of carbonyl (C=O) groups is 1. The predicted molar refractivity (Wildman–Crippen MR) is 85.9 cm³/mol. The summed E-state index contributed by atoms with van der Waals surface area (Å²) in [5, 5.41) is 13.3. The molecule has 6 nitrogen and oxygen atoms in total. The highest BCUT2D eigenvalue weighted by Gasteiger charge is 2.20. The van der Waals surface area contributed by atoms with E-state index in [1.165, 1.54) is 37.3 Å². The molecule has 0 aromatic heterocycles. The first-order valence-corrected chi connectivity index (χ1v) is 7.34. The lowest BCUT2D eigenvalue weighted by atomic mass is 10.2. The average molecular weight is 383 g/mol. The Morgan fingerprint density at radius 1 is 1.35 bits per heavy atom. The summed E-state index contributed by atoms with van der Waals surface area (Å²) in [6.07, 6.45) is -1.04. The maximum atomic E-state index is 13.7. The van der Waals surface area contributed by atoms with Crippen molar-refractivity contribution in [3.05, 3.63) is 62.9 Å². The molecular weight excluding hydrogens is 371 g/mol. The van der Waals surface area contributed by atoms with Gasteiger partial charge < -0.3 is 10.1 Å². The summed E-state index contributed by atoms with van der Waals surface area (Å²) >= 11 is 3.12. The number of nitrogens with zero attached hydrogens (tertiary/aromatic N) is 1. The van der Waals surface area contributed by atoms with Gasteiger partial charge in [0.15, 0.2) is 17.7 Å². The summed E-state index contributed by atoms with van der Waals surface area (Å²) in [5.74, 6) is -1.33. The smallest absolute Gasteiger partial charge is 0.292 e. The zero-order chi connectivity index (χ0) is 17.0. The molecule has 0 heterocycles. The van der Waals surface area contributed by atoms with E-state index in [2.05, 4.69) is 21.2 Å². The van der Waals surface area contributed by atoms with Gasteiger partial charge in [-0.3, -0.25) is 14.9 Å². The minimum absolute atomic E-state index is 0.0502. The quantitative estimate of drug-likeness (QED) is 0.627. The van der Waals surface area contributed by atoms with Gasteiger partial charge in [0.25, 0.3) is 11.6 Å². The van der Waals surface area contributed by atoms with Crippen LogP contribution in [0.1, 0.15) is 6.92 Å². The van der Waals surface area contributed by atoms with Gasteiger partial charge in [0.2, 0.25) is 0 Å². The van der Waals surface area contributed by atoms with Crippen LogP contribution in [0.15, 0.2) is 46.9 Å². The topological polar surface area (TPSA) is 81.5 Å². The maximum Gasteiger partial charge on any atom is 0.292 e. The van der Waals surface area contributed by atoms with Crippen LogP contribution >= 0.6 is 15.9 Å². The number of benzene rings is 2. The molecule has 2 aromatic carbocycles. The third-order valence-corrected chi connectivity index (χ3v) is 3.42. The number of halogens is 2. The second-order valence-corrected chi connectivity index (χ2v) is 5.51. The van der Waals surface area contributed by atoms with Crippen LogP contribution in [-0.4, -0.2) is 16.9 Å². The molecule has 1 N–H and O–H groups in total. The minimum Gasteiger partial charge on any atom is -0.478 e. The van der Waals surface area contributed by atoms with E-state index in [0.717, 1.165) is 0 Å². The van der Waals surface area contributed by atoms with E-state index < -0.39 is 22.8 Å². The Bertz CT molecular complexity index is 754. The van der Waals surface area contributed by atoms with Crippen LogP contribution in [0, 0.1) is 15.9 Å². The molecule has 0 aliphatic rings. The first-order valence-electron chi connectivity index (χ1n) is 6.54. The zero-order valence-electron chi connectivity index (χ0n) is 12.0. The van der Waals surface area contributed by atoms with Gasteiger partial charge in [0.1, 0.15) is 5.69 Å². The Hall–Kier alpha value is -2.48. The summed E-state index contributed by atoms with van der Waals surface area (Å²) in [6, 6.07) is 9.90. The van der Waals surface area contributed by atoms with E-state index in [9.17, 15) is 19.3 Å². The highest BCUT2D eigenvalue weighted by atomic mass is 79.9. The molecule has 0 unspecified atom stereocenters. The molecule has 0 aliphatic carbocycles. The molecule has 8 heteroatoms. The number of hydrogen-bond acceptors (Lipinski definition) is 4. The average Bonchev–Trinajstić information content (AvgIpc) is 2.50. The van der Waals surface area contributed by atoms with Crippen LogP contribution in [0.3, 0.4) is 0 Å². The molecule has 120 valence electrons. The second kappa shape index (κ2) is 7.19. The van der Waals surface area contributed by atoms with Crippen molar-refractivity contribution in [1.82, 2.24) is 0 Å². The fourth-order valence-corrected chi connectivity index (χ4v) is 2.12. The molecule has 0 saturated carbocycles. The molecule has 0 fully saturated rings. The van der Waals surface area contributed by atoms with Gasteiger partial charge in [0.05, 0.1) is 4.92 Å². The predicted octanol–water partition coefficient (Wildman–Crippen LogP) is 3.90. The Morgan fingerprint density at radius 2 is 2.04 bits per heavy atom. The van der Waals surface area contributed by atoms with Gasteiger partial charge in [-0.15, -0.1) is 0 Å². The molecule has 0 spiro atoms. The summed E-state index contributed by atoms with van der Waals surface area (Å²) < 4.78 is 19.5. The molecule has 2 aromatic rings. The van der Waals surface area contributed by atoms with Gasteiger partial charge >= 0.3 is 0 Å². The maximum absolute atomic E-state index is 13.7. The highest BCUT2D eigenvalue weighted by Crippen LogP contribution is 2.25. The molecule has 0 saturated heterocycles. The highest BCUT2D eigenvalue weighted by molar-refractivity contribution is 9.10. The number of ether oxygens (including phenoxy) is 1.